The van der Waals surface area contributed by atoms with Gasteiger partial charge >= 0.3 is 0 Å². The Morgan fingerprint density at radius 2 is 2.15 bits per heavy atom. The van der Waals surface area contributed by atoms with Crippen molar-refractivity contribution in [3.63, 3.8) is 0 Å². The summed E-state index contributed by atoms with van der Waals surface area (Å²) in [5.74, 6) is -0.993. The summed E-state index contributed by atoms with van der Waals surface area (Å²) in [5, 5.41) is 20.1. The largest absolute Gasteiger partial charge is 0.393 e. The van der Waals surface area contributed by atoms with Gasteiger partial charge in [-0.2, -0.15) is 5.10 Å². The molecule has 34 heavy (non-hydrogen) atoms. The van der Waals surface area contributed by atoms with Crippen molar-refractivity contribution in [3.05, 3.63) is 71.6 Å². The Morgan fingerprint density at radius 3 is 2.88 bits per heavy atom. The molecule has 3 N–H and O–H groups in total. The lowest BCUT2D eigenvalue weighted by Crippen LogP contribution is -2.36. The first-order valence-electron chi connectivity index (χ1n) is 11.1. The van der Waals surface area contributed by atoms with E-state index in [9.17, 15) is 14.3 Å². The van der Waals surface area contributed by atoms with E-state index >= 15 is 0 Å². The Morgan fingerprint density at radius 1 is 1.35 bits per heavy atom. The molecule has 8 nitrogen and oxygen atoms in total. The molecule has 2 aromatic heterocycles. The maximum Gasteiger partial charge on any atom is 0.276 e. The predicted molar refractivity (Wildman–Crippen MR) is 131 cm³/mol. The van der Waals surface area contributed by atoms with Gasteiger partial charge in [0.15, 0.2) is 5.69 Å². The lowest BCUT2D eigenvalue weighted by Gasteiger charge is -2.29. The van der Waals surface area contributed by atoms with Crippen LogP contribution in [0, 0.1) is 5.82 Å². The number of aromatic amines is 1. The molecule has 0 spiro atoms. The van der Waals surface area contributed by atoms with Gasteiger partial charge in [0.2, 0.25) is 0 Å². The van der Waals surface area contributed by atoms with Crippen molar-refractivity contribution < 1.29 is 14.3 Å². The molecule has 1 fully saturated rings. The lowest BCUT2D eigenvalue weighted by molar-refractivity contribution is 0.0872. The highest BCUT2D eigenvalue weighted by atomic mass is 19.1. The number of H-pyrrole nitrogens is 1. The predicted octanol–water partition coefficient (Wildman–Crippen LogP) is 3.79. The van der Waals surface area contributed by atoms with Crippen LogP contribution in [0.5, 0.6) is 0 Å². The van der Waals surface area contributed by atoms with Crippen molar-refractivity contribution in [1.82, 2.24) is 20.1 Å². The number of aliphatic hydroxyl groups is 1. The Bertz CT molecular complexity index is 1260. The Balaban J connectivity index is 1.56. The summed E-state index contributed by atoms with van der Waals surface area (Å²) in [6, 6.07) is 6.93. The van der Waals surface area contributed by atoms with Crippen LogP contribution in [-0.4, -0.2) is 63.6 Å². The summed E-state index contributed by atoms with van der Waals surface area (Å²) in [7, 11) is 0. The standard InChI is InChI=1S/C25H27FN6O2/c1-16(9-17(12-27-2)15-32-7-5-21(33)6-8-32)18-3-4-23-22(10-18)24(31-30-23)25(34)29-20-11-19(26)13-28-14-20/h3-4,9-14,21,33H,2,5-8,15H2,1H3,(H,29,34)(H,30,31)/b16-9+,17-12+. The van der Waals surface area contributed by atoms with Gasteiger partial charge in [0, 0.05) is 37.3 Å². The number of amides is 1. The van der Waals surface area contributed by atoms with Gasteiger partial charge in [-0.1, -0.05) is 12.1 Å². The minimum Gasteiger partial charge on any atom is -0.393 e. The number of halogens is 1. The monoisotopic (exact) mass is 462 g/mol. The van der Waals surface area contributed by atoms with E-state index in [1.165, 1.54) is 12.3 Å². The van der Waals surface area contributed by atoms with Gasteiger partial charge in [0.05, 0.1) is 29.7 Å². The molecule has 1 amide bonds. The summed E-state index contributed by atoms with van der Waals surface area (Å²) < 4.78 is 13.4. The van der Waals surface area contributed by atoms with Crippen molar-refractivity contribution in [3.8, 4) is 0 Å². The number of nitrogens with one attached hydrogen (secondary N) is 2. The molecule has 1 aliphatic heterocycles. The first-order chi connectivity index (χ1) is 16.4. The number of aliphatic hydroxyl groups excluding tert-OH is 1. The van der Waals surface area contributed by atoms with E-state index in [0.29, 0.717) is 11.9 Å². The number of rotatable bonds is 7. The number of aliphatic imine (C=N–C) groups is 1. The van der Waals surface area contributed by atoms with Crippen LogP contribution in [0.1, 0.15) is 35.8 Å². The van der Waals surface area contributed by atoms with Crippen molar-refractivity contribution in [1.29, 1.82) is 0 Å². The first-order valence-corrected chi connectivity index (χ1v) is 11.1. The van der Waals surface area contributed by atoms with Crippen LogP contribution in [0.3, 0.4) is 0 Å². The number of piperidine rings is 1. The fraction of sp³-hybridized carbons (Fsp3) is 0.280. The van der Waals surface area contributed by atoms with Gasteiger partial charge in [-0.15, -0.1) is 0 Å². The Kier molecular flexibility index (Phi) is 7.24. The number of anilines is 1. The zero-order valence-electron chi connectivity index (χ0n) is 19.0. The average molecular weight is 463 g/mol. The normalized spacial score (nSPS) is 16.1. The molecule has 3 heterocycles. The number of aromatic nitrogens is 3. The number of likely N-dealkylation sites (tertiary alicyclic amines) is 1. The van der Waals surface area contributed by atoms with Gasteiger partial charge < -0.3 is 10.4 Å². The maximum absolute atomic E-state index is 13.4. The topological polar surface area (TPSA) is 106 Å². The second kappa shape index (κ2) is 10.5. The molecule has 0 aliphatic carbocycles. The molecule has 9 heteroatoms. The Hall–Kier alpha value is -3.69. The minimum absolute atomic E-state index is 0.212. The van der Waals surface area contributed by atoms with Gasteiger partial charge in [0.1, 0.15) is 5.82 Å². The SMILES string of the molecule is C=N/C=C(\C=C(/C)c1ccc2[nH]nc(C(=O)Nc3cncc(F)c3)c2c1)CN1CCC(O)CC1. The molecule has 1 aromatic carbocycles. The molecule has 0 bridgehead atoms. The summed E-state index contributed by atoms with van der Waals surface area (Å²) in [6.07, 6.45) is 7.56. The van der Waals surface area contributed by atoms with Crippen molar-refractivity contribution >= 4 is 34.8 Å². The second-order valence-electron chi connectivity index (χ2n) is 8.40. The van der Waals surface area contributed by atoms with Crippen LogP contribution in [-0.2, 0) is 0 Å². The molecular formula is C25H27FN6O2. The van der Waals surface area contributed by atoms with Crippen molar-refractivity contribution in [2.24, 2.45) is 4.99 Å². The van der Waals surface area contributed by atoms with Crippen LogP contribution in [0.4, 0.5) is 10.1 Å². The summed E-state index contributed by atoms with van der Waals surface area (Å²) in [4.78, 5) is 22.8. The zero-order chi connectivity index (χ0) is 24.1. The van der Waals surface area contributed by atoms with Crippen LogP contribution in [0.15, 0.2) is 59.5 Å². The smallest absolute Gasteiger partial charge is 0.276 e. The number of fused-ring (bicyclic) bond motifs is 1. The average Bonchev–Trinajstić information content (AvgIpc) is 3.24. The summed E-state index contributed by atoms with van der Waals surface area (Å²) in [6.45, 7) is 7.97. The number of nitrogens with zero attached hydrogens (tertiary/aromatic N) is 4. The van der Waals surface area contributed by atoms with E-state index in [1.54, 1.807) is 6.20 Å². The highest BCUT2D eigenvalue weighted by Gasteiger charge is 2.18. The van der Waals surface area contributed by atoms with Crippen LogP contribution in [0.2, 0.25) is 0 Å². The molecule has 0 radical (unpaired) electrons. The highest BCUT2D eigenvalue weighted by Crippen LogP contribution is 2.24. The van der Waals surface area contributed by atoms with Crippen LogP contribution in [0.25, 0.3) is 16.5 Å². The number of carbonyl (C=O) groups is 1. The zero-order valence-corrected chi connectivity index (χ0v) is 19.0. The number of benzene rings is 1. The summed E-state index contributed by atoms with van der Waals surface area (Å²) >= 11 is 0. The number of pyridine rings is 1. The number of hydrogen-bond donors (Lipinski definition) is 3. The molecule has 0 saturated carbocycles. The third-order valence-corrected chi connectivity index (χ3v) is 5.82. The van der Waals surface area contributed by atoms with E-state index in [-0.39, 0.29) is 17.5 Å². The molecule has 0 unspecified atom stereocenters. The molecule has 1 aliphatic rings. The molecule has 4 rings (SSSR count). The van der Waals surface area contributed by atoms with E-state index < -0.39 is 11.7 Å². The van der Waals surface area contributed by atoms with Crippen molar-refractivity contribution in [2.45, 2.75) is 25.9 Å². The third-order valence-electron chi connectivity index (χ3n) is 5.82. The quantitative estimate of drug-likeness (QED) is 0.366. The van der Waals surface area contributed by atoms with Gasteiger partial charge in [-0.25, -0.2) is 4.39 Å². The molecule has 176 valence electrons. The fourth-order valence-corrected chi connectivity index (χ4v) is 4.04. The highest BCUT2D eigenvalue weighted by molar-refractivity contribution is 6.11. The van der Waals surface area contributed by atoms with E-state index in [4.69, 9.17) is 0 Å². The number of allylic oxidation sites excluding steroid dienone is 1. The van der Waals surface area contributed by atoms with Gasteiger partial charge in [-0.3, -0.25) is 24.8 Å². The second-order valence-corrected chi connectivity index (χ2v) is 8.40. The number of hydrogen-bond acceptors (Lipinski definition) is 6. The number of carbonyl (C=O) groups excluding carboxylic acids is 1. The van der Waals surface area contributed by atoms with E-state index in [2.05, 4.69) is 43.2 Å². The molecule has 0 atom stereocenters. The van der Waals surface area contributed by atoms with Gasteiger partial charge in [-0.05, 0) is 55.3 Å². The van der Waals surface area contributed by atoms with Crippen LogP contribution < -0.4 is 5.32 Å². The minimum atomic E-state index is -0.536. The third kappa shape index (κ3) is 5.62. The van der Waals surface area contributed by atoms with E-state index in [0.717, 1.165) is 54.4 Å². The lowest BCUT2D eigenvalue weighted by atomic mass is 10.0. The van der Waals surface area contributed by atoms with Crippen molar-refractivity contribution in [2.75, 3.05) is 25.0 Å². The van der Waals surface area contributed by atoms with Crippen LogP contribution >= 0.6 is 0 Å². The summed E-state index contributed by atoms with van der Waals surface area (Å²) in [5.41, 5.74) is 4.12. The maximum atomic E-state index is 13.4. The van der Waals surface area contributed by atoms with E-state index in [1.807, 2.05) is 25.1 Å². The fourth-order valence-electron chi connectivity index (χ4n) is 4.04. The molecular weight excluding hydrogens is 435 g/mol. The van der Waals surface area contributed by atoms with Gasteiger partial charge in [0.25, 0.3) is 5.91 Å². The molecule has 3 aromatic rings. The first kappa shape index (κ1) is 23.5. The Labute approximate surface area is 196 Å². The molecule has 1 saturated heterocycles.